The van der Waals surface area contributed by atoms with Crippen LogP contribution in [0.15, 0.2) is 53.0 Å². The van der Waals surface area contributed by atoms with Gasteiger partial charge in [-0.3, -0.25) is 0 Å². The molecule has 0 amide bonds. The molecule has 6 heteroatoms. The maximum absolute atomic E-state index is 5.82. The van der Waals surface area contributed by atoms with Gasteiger partial charge in [-0.1, -0.05) is 50.2 Å². The third kappa shape index (κ3) is 4.87. The molecule has 0 radical (unpaired) electrons. The molecule has 5 nitrogen and oxygen atoms in total. The van der Waals surface area contributed by atoms with Gasteiger partial charge in [0.2, 0.25) is 5.95 Å². The Bertz CT molecular complexity index is 931. The molecule has 0 N–H and O–H groups in total. The molecular formula is C22H25BrN4O. The van der Waals surface area contributed by atoms with E-state index in [4.69, 9.17) is 4.74 Å². The van der Waals surface area contributed by atoms with Crippen LogP contribution in [0, 0.1) is 6.92 Å². The number of aryl methyl sites for hydroxylation is 1. The second-order valence-corrected chi connectivity index (χ2v) is 7.70. The van der Waals surface area contributed by atoms with Crippen molar-refractivity contribution in [3.8, 4) is 6.01 Å². The van der Waals surface area contributed by atoms with Crippen LogP contribution in [-0.2, 0) is 6.61 Å². The van der Waals surface area contributed by atoms with E-state index in [1.54, 1.807) is 0 Å². The Balaban J connectivity index is 1.87. The van der Waals surface area contributed by atoms with Crippen molar-refractivity contribution in [2.45, 2.75) is 40.2 Å². The molecule has 0 atom stereocenters. The van der Waals surface area contributed by atoms with E-state index >= 15 is 0 Å². The second-order valence-electron chi connectivity index (χ2n) is 6.85. The first-order valence-corrected chi connectivity index (χ1v) is 10.2. The molecule has 28 heavy (non-hydrogen) atoms. The topological polar surface area (TPSA) is 51.1 Å². The number of halogens is 1. The lowest BCUT2D eigenvalue weighted by molar-refractivity contribution is 0.279. The molecule has 2 aromatic carbocycles. The predicted molar refractivity (Wildman–Crippen MR) is 116 cm³/mol. The summed E-state index contributed by atoms with van der Waals surface area (Å²) in [7, 11) is 0. The lowest BCUT2D eigenvalue weighted by atomic mass is 10.0. The molecule has 0 aliphatic carbocycles. The Morgan fingerprint density at radius 2 is 1.79 bits per heavy atom. The quantitative estimate of drug-likeness (QED) is 0.464. The summed E-state index contributed by atoms with van der Waals surface area (Å²) < 4.78 is 6.84. The average Bonchev–Trinajstić information content (AvgIpc) is 2.68. The van der Waals surface area contributed by atoms with Crippen LogP contribution in [0.25, 0.3) is 0 Å². The van der Waals surface area contributed by atoms with Gasteiger partial charge in [-0.2, -0.15) is 15.0 Å². The summed E-state index contributed by atoms with van der Waals surface area (Å²) in [6, 6.07) is 16.7. The molecule has 0 saturated carbocycles. The summed E-state index contributed by atoms with van der Waals surface area (Å²) >= 11 is 3.71. The average molecular weight is 441 g/mol. The molecule has 3 rings (SSSR count). The van der Waals surface area contributed by atoms with Crippen molar-refractivity contribution in [3.05, 3.63) is 70.0 Å². The minimum atomic E-state index is 0.333. The zero-order chi connectivity index (χ0) is 20.1. The lowest BCUT2D eigenvalue weighted by Gasteiger charge is -2.23. The maximum Gasteiger partial charge on any atom is 0.321 e. The molecular weight excluding hydrogens is 416 g/mol. The number of ether oxygens (including phenoxy) is 1. The smallest absolute Gasteiger partial charge is 0.321 e. The van der Waals surface area contributed by atoms with Gasteiger partial charge in [0.15, 0.2) is 0 Å². The van der Waals surface area contributed by atoms with Gasteiger partial charge in [0.1, 0.15) is 12.4 Å². The Morgan fingerprint density at radius 1 is 1.04 bits per heavy atom. The van der Waals surface area contributed by atoms with Crippen LogP contribution in [0.2, 0.25) is 0 Å². The van der Waals surface area contributed by atoms with Crippen molar-refractivity contribution in [2.75, 3.05) is 11.4 Å². The van der Waals surface area contributed by atoms with E-state index in [0.717, 1.165) is 22.3 Å². The van der Waals surface area contributed by atoms with E-state index < -0.39 is 0 Å². The van der Waals surface area contributed by atoms with E-state index in [2.05, 4.69) is 74.8 Å². The van der Waals surface area contributed by atoms with Crippen molar-refractivity contribution in [3.63, 3.8) is 0 Å². The molecule has 0 fully saturated rings. The van der Waals surface area contributed by atoms with Gasteiger partial charge in [0.05, 0.1) is 5.69 Å². The Morgan fingerprint density at radius 3 is 2.43 bits per heavy atom. The second kappa shape index (κ2) is 9.15. The Kier molecular flexibility index (Phi) is 6.62. The van der Waals surface area contributed by atoms with Gasteiger partial charge in [-0.15, -0.1) is 0 Å². The van der Waals surface area contributed by atoms with Gasteiger partial charge in [-0.05, 0) is 59.0 Å². The summed E-state index contributed by atoms with van der Waals surface area (Å²) in [6.45, 7) is 9.44. The summed E-state index contributed by atoms with van der Waals surface area (Å²) in [5.74, 6) is 1.68. The van der Waals surface area contributed by atoms with E-state index in [1.807, 2.05) is 37.3 Å². The zero-order valence-corrected chi connectivity index (χ0v) is 18.3. The van der Waals surface area contributed by atoms with Crippen LogP contribution in [0.3, 0.4) is 0 Å². The summed E-state index contributed by atoms with van der Waals surface area (Å²) in [4.78, 5) is 15.5. The van der Waals surface area contributed by atoms with Crippen LogP contribution in [0.4, 0.5) is 11.6 Å². The van der Waals surface area contributed by atoms with E-state index in [1.165, 1.54) is 5.56 Å². The van der Waals surface area contributed by atoms with Crippen LogP contribution in [-0.4, -0.2) is 21.5 Å². The van der Waals surface area contributed by atoms with E-state index in [-0.39, 0.29) is 0 Å². The zero-order valence-electron chi connectivity index (χ0n) is 16.7. The third-order valence-corrected chi connectivity index (χ3v) is 5.05. The minimum absolute atomic E-state index is 0.333. The molecule has 0 aliphatic rings. The highest BCUT2D eigenvalue weighted by molar-refractivity contribution is 9.10. The number of hydrogen-bond donors (Lipinski definition) is 0. The molecule has 0 saturated heterocycles. The number of rotatable bonds is 7. The number of benzene rings is 2. The Hall–Kier alpha value is -2.47. The molecule has 0 bridgehead atoms. The normalized spacial score (nSPS) is 10.9. The van der Waals surface area contributed by atoms with Gasteiger partial charge >= 0.3 is 6.01 Å². The number of hydrogen-bond acceptors (Lipinski definition) is 5. The molecule has 0 aliphatic heterocycles. The van der Waals surface area contributed by atoms with Gasteiger partial charge in [0.25, 0.3) is 0 Å². The lowest BCUT2D eigenvalue weighted by Crippen LogP contribution is -2.20. The largest absolute Gasteiger partial charge is 0.458 e. The highest BCUT2D eigenvalue weighted by atomic mass is 79.9. The first kappa shape index (κ1) is 20.3. The third-order valence-electron chi connectivity index (χ3n) is 4.41. The minimum Gasteiger partial charge on any atom is -0.458 e. The monoisotopic (exact) mass is 440 g/mol. The van der Waals surface area contributed by atoms with E-state index in [9.17, 15) is 0 Å². The molecule has 0 unspecified atom stereocenters. The van der Waals surface area contributed by atoms with Crippen molar-refractivity contribution in [1.82, 2.24) is 15.0 Å². The standard InChI is InChI=1S/C22H25BrN4O/c1-5-27(20-12-11-18(15(2)3)13-19(20)23)21-24-16(4)25-22(26-21)28-14-17-9-7-6-8-10-17/h6-13,15H,5,14H2,1-4H3. The van der Waals surface area contributed by atoms with Gasteiger partial charge in [0, 0.05) is 11.0 Å². The molecule has 3 aromatic rings. The molecule has 146 valence electrons. The number of nitrogens with zero attached hydrogens (tertiary/aromatic N) is 4. The van der Waals surface area contributed by atoms with Crippen LogP contribution < -0.4 is 9.64 Å². The predicted octanol–water partition coefficient (Wildman–Crippen LogP) is 5.80. The molecule has 0 spiro atoms. The molecule has 1 heterocycles. The van der Waals surface area contributed by atoms with Crippen molar-refractivity contribution in [2.24, 2.45) is 0 Å². The molecule has 1 aromatic heterocycles. The van der Waals surface area contributed by atoms with Crippen LogP contribution >= 0.6 is 15.9 Å². The summed E-state index contributed by atoms with van der Waals surface area (Å²) in [5.41, 5.74) is 3.37. The summed E-state index contributed by atoms with van der Waals surface area (Å²) in [5, 5.41) is 0. The fourth-order valence-electron chi connectivity index (χ4n) is 2.87. The maximum atomic E-state index is 5.82. The fraction of sp³-hybridized carbons (Fsp3) is 0.318. The van der Waals surface area contributed by atoms with Crippen molar-refractivity contribution < 1.29 is 4.74 Å². The first-order valence-electron chi connectivity index (χ1n) is 9.44. The first-order chi connectivity index (χ1) is 13.5. The Labute approximate surface area is 175 Å². The van der Waals surface area contributed by atoms with Crippen molar-refractivity contribution in [1.29, 1.82) is 0 Å². The SMILES string of the molecule is CCN(c1nc(C)nc(OCc2ccccc2)n1)c1ccc(C(C)C)cc1Br. The van der Waals surface area contributed by atoms with Crippen molar-refractivity contribution >= 4 is 27.6 Å². The summed E-state index contributed by atoms with van der Waals surface area (Å²) in [6.07, 6.45) is 0. The van der Waals surface area contributed by atoms with Crippen LogP contribution in [0.5, 0.6) is 6.01 Å². The van der Waals surface area contributed by atoms with Crippen LogP contribution in [0.1, 0.15) is 43.6 Å². The highest BCUT2D eigenvalue weighted by Gasteiger charge is 2.17. The number of aromatic nitrogens is 3. The van der Waals surface area contributed by atoms with E-state index in [0.29, 0.717) is 30.3 Å². The fourth-order valence-corrected chi connectivity index (χ4v) is 3.48. The van der Waals surface area contributed by atoms with Gasteiger partial charge in [-0.25, -0.2) is 0 Å². The highest BCUT2D eigenvalue weighted by Crippen LogP contribution is 2.33. The van der Waals surface area contributed by atoms with Gasteiger partial charge < -0.3 is 9.64 Å². The number of anilines is 2.